The summed E-state index contributed by atoms with van der Waals surface area (Å²) in [7, 11) is 3.47. The van der Waals surface area contributed by atoms with E-state index in [1.807, 2.05) is 0 Å². The lowest BCUT2D eigenvalue weighted by Crippen LogP contribution is -2.47. The van der Waals surface area contributed by atoms with E-state index in [9.17, 15) is 4.79 Å². The summed E-state index contributed by atoms with van der Waals surface area (Å²) in [5.41, 5.74) is 0. The number of piperidine rings is 1. The van der Waals surface area contributed by atoms with Crippen LogP contribution < -0.4 is 5.32 Å². The molecule has 0 spiro atoms. The lowest BCUT2D eigenvalue weighted by atomic mass is 10.1. The summed E-state index contributed by atoms with van der Waals surface area (Å²) in [5, 5.41) is 11.5. The van der Waals surface area contributed by atoms with Crippen LogP contribution in [0.5, 0.6) is 0 Å². The van der Waals surface area contributed by atoms with Crippen LogP contribution in [-0.2, 0) is 0 Å². The third kappa shape index (κ3) is 3.76. The molecule has 1 fully saturated rings. The molecule has 0 saturated carbocycles. The van der Waals surface area contributed by atoms with Crippen LogP contribution in [0.15, 0.2) is 0 Å². The number of likely N-dealkylation sites (tertiary alicyclic amines) is 1. The van der Waals surface area contributed by atoms with E-state index in [1.54, 1.807) is 19.0 Å². The van der Waals surface area contributed by atoms with Crippen LogP contribution in [0.1, 0.15) is 12.8 Å². The van der Waals surface area contributed by atoms with E-state index in [0.717, 1.165) is 25.9 Å². The molecule has 1 saturated heterocycles. The van der Waals surface area contributed by atoms with Crippen LogP contribution in [0.2, 0.25) is 0 Å². The maximum absolute atomic E-state index is 11.4. The first-order valence-corrected chi connectivity index (χ1v) is 5.20. The molecular weight excluding hydrogens is 192 g/mol. The van der Waals surface area contributed by atoms with Crippen molar-refractivity contribution in [1.82, 2.24) is 15.1 Å². The van der Waals surface area contributed by atoms with Crippen molar-refractivity contribution in [2.45, 2.75) is 18.9 Å². The molecule has 0 aromatic rings. The highest BCUT2D eigenvalue weighted by Gasteiger charge is 2.20. The number of nitriles is 1. The number of amides is 2. The Labute approximate surface area is 90.6 Å². The fourth-order valence-corrected chi connectivity index (χ4v) is 1.64. The predicted molar refractivity (Wildman–Crippen MR) is 57.3 cm³/mol. The van der Waals surface area contributed by atoms with E-state index >= 15 is 0 Å². The highest BCUT2D eigenvalue weighted by Crippen LogP contribution is 2.09. The SMILES string of the molecule is CN(C)C(=O)NC1CCN(CC#N)CC1. The first-order valence-electron chi connectivity index (χ1n) is 5.20. The van der Waals surface area contributed by atoms with E-state index in [1.165, 1.54) is 0 Å². The zero-order valence-electron chi connectivity index (χ0n) is 9.36. The number of carbonyl (C=O) groups is 1. The van der Waals surface area contributed by atoms with Crippen LogP contribution in [-0.4, -0.2) is 55.6 Å². The lowest BCUT2D eigenvalue weighted by molar-refractivity contribution is 0.191. The minimum atomic E-state index is -0.0336. The molecule has 5 heteroatoms. The summed E-state index contributed by atoms with van der Waals surface area (Å²) >= 11 is 0. The van der Waals surface area contributed by atoms with Crippen LogP contribution in [0.25, 0.3) is 0 Å². The third-order valence-electron chi connectivity index (χ3n) is 2.62. The lowest BCUT2D eigenvalue weighted by Gasteiger charge is -2.31. The second-order valence-electron chi connectivity index (χ2n) is 4.05. The predicted octanol–water partition coefficient (Wildman–Crippen LogP) is 0.246. The van der Waals surface area contributed by atoms with Gasteiger partial charge in [0.1, 0.15) is 0 Å². The second-order valence-corrected chi connectivity index (χ2v) is 4.05. The molecule has 5 nitrogen and oxygen atoms in total. The highest BCUT2D eigenvalue weighted by molar-refractivity contribution is 5.73. The minimum absolute atomic E-state index is 0.0336. The highest BCUT2D eigenvalue weighted by atomic mass is 16.2. The van der Waals surface area contributed by atoms with Gasteiger partial charge in [-0.2, -0.15) is 5.26 Å². The molecule has 1 heterocycles. The number of hydrogen-bond donors (Lipinski definition) is 1. The van der Waals surface area contributed by atoms with Gasteiger partial charge >= 0.3 is 6.03 Å². The monoisotopic (exact) mass is 210 g/mol. The maximum atomic E-state index is 11.4. The largest absolute Gasteiger partial charge is 0.335 e. The molecule has 1 aliphatic heterocycles. The van der Waals surface area contributed by atoms with E-state index in [4.69, 9.17) is 5.26 Å². The molecule has 1 N–H and O–H groups in total. The Morgan fingerprint density at radius 3 is 2.60 bits per heavy atom. The van der Waals surface area contributed by atoms with Gasteiger partial charge in [0.25, 0.3) is 0 Å². The van der Waals surface area contributed by atoms with E-state index in [-0.39, 0.29) is 12.1 Å². The molecule has 15 heavy (non-hydrogen) atoms. The van der Waals surface area contributed by atoms with Gasteiger partial charge in [-0.05, 0) is 12.8 Å². The van der Waals surface area contributed by atoms with Gasteiger partial charge in [-0.3, -0.25) is 4.90 Å². The minimum Gasteiger partial charge on any atom is -0.335 e. The molecule has 2 amide bonds. The first-order chi connectivity index (χ1) is 7.13. The van der Waals surface area contributed by atoms with Gasteiger partial charge in [-0.1, -0.05) is 0 Å². The quantitative estimate of drug-likeness (QED) is 0.664. The van der Waals surface area contributed by atoms with E-state index in [0.29, 0.717) is 6.54 Å². The fraction of sp³-hybridized carbons (Fsp3) is 0.800. The Bertz CT molecular complexity index is 251. The van der Waals surface area contributed by atoms with Crippen LogP contribution >= 0.6 is 0 Å². The van der Waals surface area contributed by atoms with Gasteiger partial charge in [-0.25, -0.2) is 4.79 Å². The third-order valence-corrected chi connectivity index (χ3v) is 2.62. The zero-order chi connectivity index (χ0) is 11.3. The van der Waals surface area contributed by atoms with Gasteiger partial charge in [0, 0.05) is 33.2 Å². The van der Waals surface area contributed by atoms with Crippen molar-refractivity contribution in [3.63, 3.8) is 0 Å². The van der Waals surface area contributed by atoms with Crippen molar-refractivity contribution < 1.29 is 4.79 Å². The molecule has 0 unspecified atom stereocenters. The van der Waals surface area contributed by atoms with Gasteiger partial charge in [-0.15, -0.1) is 0 Å². The molecule has 1 rings (SSSR count). The number of carbonyl (C=O) groups excluding carboxylic acids is 1. The average Bonchev–Trinajstić information content (AvgIpc) is 2.21. The molecule has 0 aliphatic carbocycles. The molecular formula is C10H18N4O. The molecule has 0 atom stereocenters. The van der Waals surface area contributed by atoms with Crippen molar-refractivity contribution in [1.29, 1.82) is 5.26 Å². The van der Waals surface area contributed by atoms with Gasteiger partial charge in [0.05, 0.1) is 12.6 Å². The summed E-state index contributed by atoms with van der Waals surface area (Å²) in [6.07, 6.45) is 1.86. The van der Waals surface area contributed by atoms with Gasteiger partial charge in [0.2, 0.25) is 0 Å². The number of rotatable bonds is 2. The van der Waals surface area contributed by atoms with Crippen LogP contribution in [0.4, 0.5) is 4.79 Å². The summed E-state index contributed by atoms with van der Waals surface area (Å²) in [4.78, 5) is 15.0. The van der Waals surface area contributed by atoms with Crippen LogP contribution in [0, 0.1) is 11.3 Å². The summed E-state index contributed by atoms with van der Waals surface area (Å²) in [5.74, 6) is 0. The van der Waals surface area contributed by atoms with E-state index in [2.05, 4.69) is 16.3 Å². The Morgan fingerprint density at radius 1 is 1.53 bits per heavy atom. The zero-order valence-corrected chi connectivity index (χ0v) is 9.36. The normalized spacial score (nSPS) is 18.2. The Hall–Kier alpha value is -1.28. The van der Waals surface area contributed by atoms with Crippen molar-refractivity contribution in [2.75, 3.05) is 33.7 Å². The Kier molecular flexibility index (Phi) is 4.37. The Balaban J connectivity index is 2.26. The van der Waals surface area contributed by atoms with Crippen molar-refractivity contribution >= 4 is 6.03 Å². The van der Waals surface area contributed by atoms with Crippen molar-refractivity contribution in [3.8, 4) is 6.07 Å². The van der Waals surface area contributed by atoms with E-state index < -0.39 is 0 Å². The molecule has 84 valence electrons. The fourth-order valence-electron chi connectivity index (χ4n) is 1.64. The average molecular weight is 210 g/mol. The number of nitrogens with zero attached hydrogens (tertiary/aromatic N) is 3. The van der Waals surface area contributed by atoms with Crippen molar-refractivity contribution in [3.05, 3.63) is 0 Å². The molecule has 0 bridgehead atoms. The smallest absolute Gasteiger partial charge is 0.317 e. The molecule has 0 aromatic carbocycles. The summed E-state index contributed by atoms with van der Waals surface area (Å²) in [6, 6.07) is 2.37. The maximum Gasteiger partial charge on any atom is 0.317 e. The summed E-state index contributed by atoms with van der Waals surface area (Å²) < 4.78 is 0. The molecule has 0 aromatic heterocycles. The number of urea groups is 1. The van der Waals surface area contributed by atoms with Crippen LogP contribution in [0.3, 0.4) is 0 Å². The topological polar surface area (TPSA) is 59.4 Å². The van der Waals surface area contributed by atoms with Gasteiger partial charge in [0.15, 0.2) is 0 Å². The number of nitrogens with one attached hydrogen (secondary N) is 1. The number of hydrogen-bond acceptors (Lipinski definition) is 3. The standard InChI is InChI=1S/C10H18N4O/c1-13(2)10(15)12-9-3-6-14(7-4-9)8-5-11/h9H,3-4,6-8H2,1-2H3,(H,12,15). The summed E-state index contributed by atoms with van der Waals surface area (Å²) in [6.45, 7) is 2.28. The molecule has 0 radical (unpaired) electrons. The Morgan fingerprint density at radius 2 is 2.13 bits per heavy atom. The second kappa shape index (κ2) is 5.56. The first kappa shape index (κ1) is 11.8. The molecule has 1 aliphatic rings. The van der Waals surface area contributed by atoms with Gasteiger partial charge < -0.3 is 10.2 Å². The van der Waals surface area contributed by atoms with Crippen molar-refractivity contribution in [2.24, 2.45) is 0 Å².